The standard InChI is InChI=1S/C18H25N5O/c1-4-14-15(5-2)23-18(16(22-14)17(20)24)21-13-8-6-7-12(9-13)11(3)10-19/h6-9,11H,4-5,10,19H2,1-3H3,(H2,20,24)(H,21,23)/t11-/m0/s1. The zero-order chi connectivity index (χ0) is 17.7. The van der Waals surface area contributed by atoms with Crippen LogP contribution in [0.4, 0.5) is 11.5 Å². The number of aromatic nitrogens is 2. The summed E-state index contributed by atoms with van der Waals surface area (Å²) in [4.78, 5) is 20.8. The first-order valence-corrected chi connectivity index (χ1v) is 8.26. The number of benzene rings is 1. The van der Waals surface area contributed by atoms with Gasteiger partial charge in [-0.1, -0.05) is 32.9 Å². The van der Waals surface area contributed by atoms with Crippen molar-refractivity contribution < 1.29 is 4.79 Å². The average molecular weight is 327 g/mol. The third-order valence-electron chi connectivity index (χ3n) is 4.03. The number of amides is 1. The van der Waals surface area contributed by atoms with Gasteiger partial charge in [-0.05, 0) is 43.0 Å². The predicted molar refractivity (Wildman–Crippen MR) is 96.5 cm³/mol. The van der Waals surface area contributed by atoms with Gasteiger partial charge in [0.2, 0.25) is 0 Å². The molecule has 2 aromatic rings. The molecular formula is C18H25N5O. The summed E-state index contributed by atoms with van der Waals surface area (Å²) in [6.45, 7) is 6.64. The van der Waals surface area contributed by atoms with Gasteiger partial charge in [0.05, 0.1) is 11.4 Å². The first-order chi connectivity index (χ1) is 11.5. The van der Waals surface area contributed by atoms with Gasteiger partial charge in [0.1, 0.15) is 0 Å². The SMILES string of the molecule is CCc1nc(Nc2cccc([C@@H](C)CN)c2)c(C(N)=O)nc1CC. The Morgan fingerprint density at radius 1 is 1.21 bits per heavy atom. The Hall–Kier alpha value is -2.47. The van der Waals surface area contributed by atoms with E-state index in [1.807, 2.05) is 38.1 Å². The Morgan fingerprint density at radius 2 is 1.88 bits per heavy atom. The molecular weight excluding hydrogens is 302 g/mol. The molecule has 0 saturated heterocycles. The highest BCUT2D eigenvalue weighted by Crippen LogP contribution is 2.23. The highest BCUT2D eigenvalue weighted by molar-refractivity contribution is 5.96. The number of nitrogens with zero attached hydrogens (tertiary/aromatic N) is 2. The van der Waals surface area contributed by atoms with E-state index in [2.05, 4.69) is 22.2 Å². The molecule has 6 heteroatoms. The summed E-state index contributed by atoms with van der Waals surface area (Å²) in [6, 6.07) is 7.89. The van der Waals surface area contributed by atoms with Crippen molar-refractivity contribution in [2.45, 2.75) is 39.5 Å². The fourth-order valence-corrected chi connectivity index (χ4v) is 2.53. The molecule has 1 heterocycles. The Bertz CT molecular complexity index is 729. The number of aryl methyl sites for hydroxylation is 2. The van der Waals surface area contributed by atoms with Crippen LogP contribution in [0.1, 0.15) is 54.1 Å². The fourth-order valence-electron chi connectivity index (χ4n) is 2.53. The van der Waals surface area contributed by atoms with Crippen LogP contribution < -0.4 is 16.8 Å². The molecule has 0 radical (unpaired) electrons. The number of carbonyl (C=O) groups is 1. The van der Waals surface area contributed by atoms with E-state index in [1.165, 1.54) is 0 Å². The molecule has 5 N–H and O–H groups in total. The molecule has 0 saturated carbocycles. The maximum absolute atomic E-state index is 11.8. The van der Waals surface area contributed by atoms with Crippen molar-refractivity contribution in [1.29, 1.82) is 0 Å². The third-order valence-corrected chi connectivity index (χ3v) is 4.03. The molecule has 0 spiro atoms. The summed E-state index contributed by atoms with van der Waals surface area (Å²) >= 11 is 0. The zero-order valence-corrected chi connectivity index (χ0v) is 14.5. The van der Waals surface area contributed by atoms with Crippen LogP contribution in [0.15, 0.2) is 24.3 Å². The van der Waals surface area contributed by atoms with E-state index in [4.69, 9.17) is 11.5 Å². The van der Waals surface area contributed by atoms with Crippen LogP contribution in [0, 0.1) is 0 Å². The van der Waals surface area contributed by atoms with E-state index in [0.717, 1.165) is 29.1 Å². The van der Waals surface area contributed by atoms with E-state index in [9.17, 15) is 4.79 Å². The molecule has 0 aliphatic carbocycles. The van der Waals surface area contributed by atoms with E-state index in [-0.39, 0.29) is 11.6 Å². The van der Waals surface area contributed by atoms with Gasteiger partial charge in [-0.2, -0.15) is 0 Å². The number of hydrogen-bond acceptors (Lipinski definition) is 5. The molecule has 1 amide bonds. The molecule has 1 aromatic carbocycles. The summed E-state index contributed by atoms with van der Waals surface area (Å²) in [7, 11) is 0. The van der Waals surface area contributed by atoms with Crippen LogP contribution >= 0.6 is 0 Å². The maximum Gasteiger partial charge on any atom is 0.271 e. The van der Waals surface area contributed by atoms with Gasteiger partial charge in [0, 0.05) is 5.69 Å². The number of anilines is 2. The van der Waals surface area contributed by atoms with Crippen molar-refractivity contribution >= 4 is 17.4 Å². The monoisotopic (exact) mass is 327 g/mol. The Balaban J connectivity index is 2.43. The van der Waals surface area contributed by atoms with Crippen LogP contribution in [-0.2, 0) is 12.8 Å². The van der Waals surface area contributed by atoms with Crippen LogP contribution in [-0.4, -0.2) is 22.4 Å². The minimum Gasteiger partial charge on any atom is -0.364 e. The van der Waals surface area contributed by atoms with Crippen molar-refractivity contribution in [1.82, 2.24) is 9.97 Å². The van der Waals surface area contributed by atoms with Crippen LogP contribution in [0.3, 0.4) is 0 Å². The van der Waals surface area contributed by atoms with Gasteiger partial charge in [0.15, 0.2) is 11.5 Å². The van der Waals surface area contributed by atoms with Gasteiger partial charge in [-0.25, -0.2) is 9.97 Å². The molecule has 128 valence electrons. The number of rotatable bonds is 7. The predicted octanol–water partition coefficient (Wildman–Crippen LogP) is 2.51. The first kappa shape index (κ1) is 17.9. The minimum absolute atomic E-state index is 0.168. The van der Waals surface area contributed by atoms with E-state index >= 15 is 0 Å². The summed E-state index contributed by atoms with van der Waals surface area (Å²) in [6.07, 6.45) is 1.45. The Morgan fingerprint density at radius 3 is 2.46 bits per heavy atom. The van der Waals surface area contributed by atoms with Gasteiger partial charge in [-0.15, -0.1) is 0 Å². The maximum atomic E-state index is 11.8. The number of primary amides is 1. The fraction of sp³-hybridized carbons (Fsp3) is 0.389. The number of nitrogens with two attached hydrogens (primary N) is 2. The zero-order valence-electron chi connectivity index (χ0n) is 14.5. The smallest absolute Gasteiger partial charge is 0.271 e. The highest BCUT2D eigenvalue weighted by Gasteiger charge is 2.16. The van der Waals surface area contributed by atoms with Crippen LogP contribution in [0.5, 0.6) is 0 Å². The molecule has 1 aromatic heterocycles. The number of nitrogens with one attached hydrogen (secondary N) is 1. The number of hydrogen-bond donors (Lipinski definition) is 3. The molecule has 1 atom stereocenters. The summed E-state index contributed by atoms with van der Waals surface area (Å²) in [5, 5.41) is 3.18. The average Bonchev–Trinajstić information content (AvgIpc) is 2.60. The molecule has 0 aliphatic heterocycles. The lowest BCUT2D eigenvalue weighted by atomic mass is 10.0. The topological polar surface area (TPSA) is 107 Å². The van der Waals surface area contributed by atoms with E-state index in [0.29, 0.717) is 18.8 Å². The summed E-state index contributed by atoms with van der Waals surface area (Å²) in [5.74, 6) is 0.0602. The minimum atomic E-state index is -0.589. The van der Waals surface area contributed by atoms with Crippen molar-refractivity contribution in [3.63, 3.8) is 0 Å². The second-order valence-corrected chi connectivity index (χ2v) is 5.77. The van der Waals surface area contributed by atoms with E-state index in [1.54, 1.807) is 0 Å². The Labute approximate surface area is 142 Å². The largest absolute Gasteiger partial charge is 0.364 e. The summed E-state index contributed by atoms with van der Waals surface area (Å²) in [5.41, 5.74) is 15.0. The molecule has 0 unspecified atom stereocenters. The van der Waals surface area contributed by atoms with Crippen molar-refractivity contribution in [3.8, 4) is 0 Å². The molecule has 0 fully saturated rings. The lowest BCUT2D eigenvalue weighted by molar-refractivity contribution is 0.0996. The highest BCUT2D eigenvalue weighted by atomic mass is 16.1. The van der Waals surface area contributed by atoms with Gasteiger partial charge < -0.3 is 16.8 Å². The molecule has 24 heavy (non-hydrogen) atoms. The number of carbonyl (C=O) groups excluding carboxylic acids is 1. The van der Waals surface area contributed by atoms with Crippen LogP contribution in [0.25, 0.3) is 0 Å². The molecule has 0 aliphatic rings. The summed E-state index contributed by atoms with van der Waals surface area (Å²) < 4.78 is 0. The molecule has 2 rings (SSSR count). The van der Waals surface area contributed by atoms with Crippen molar-refractivity contribution in [2.24, 2.45) is 11.5 Å². The Kier molecular flexibility index (Phi) is 5.87. The second kappa shape index (κ2) is 7.88. The van der Waals surface area contributed by atoms with Crippen LogP contribution in [0.2, 0.25) is 0 Å². The van der Waals surface area contributed by atoms with Gasteiger partial charge >= 0.3 is 0 Å². The van der Waals surface area contributed by atoms with Gasteiger partial charge in [0.25, 0.3) is 5.91 Å². The second-order valence-electron chi connectivity index (χ2n) is 5.77. The lowest BCUT2D eigenvalue weighted by Crippen LogP contribution is -2.19. The van der Waals surface area contributed by atoms with Gasteiger partial charge in [-0.3, -0.25) is 4.79 Å². The molecule has 0 bridgehead atoms. The van der Waals surface area contributed by atoms with E-state index < -0.39 is 5.91 Å². The lowest BCUT2D eigenvalue weighted by Gasteiger charge is -2.15. The van der Waals surface area contributed by atoms with Crippen molar-refractivity contribution in [3.05, 3.63) is 46.9 Å². The van der Waals surface area contributed by atoms with Crippen molar-refractivity contribution in [2.75, 3.05) is 11.9 Å². The quantitative estimate of drug-likeness (QED) is 0.724. The first-order valence-electron chi connectivity index (χ1n) is 8.26. The third kappa shape index (κ3) is 3.89. The normalized spacial score (nSPS) is 12.0. The molecule has 6 nitrogen and oxygen atoms in total.